The van der Waals surface area contributed by atoms with Gasteiger partial charge in [-0.05, 0) is 37.0 Å². The van der Waals surface area contributed by atoms with E-state index >= 15 is 0 Å². The summed E-state index contributed by atoms with van der Waals surface area (Å²) in [5.41, 5.74) is 3.33. The van der Waals surface area contributed by atoms with E-state index in [0.29, 0.717) is 0 Å². The molecule has 0 aromatic heterocycles. The van der Waals surface area contributed by atoms with Gasteiger partial charge in [0.1, 0.15) is 12.0 Å². The van der Waals surface area contributed by atoms with E-state index in [9.17, 15) is 4.39 Å². The zero-order chi connectivity index (χ0) is 16.5. The molecular weight excluding hydrogens is 277 g/mol. The van der Waals surface area contributed by atoms with Gasteiger partial charge in [-0.25, -0.2) is 4.39 Å². The van der Waals surface area contributed by atoms with Crippen LogP contribution in [0.15, 0.2) is 30.5 Å². The van der Waals surface area contributed by atoms with Crippen LogP contribution in [0.2, 0.25) is 0 Å². The Balaban J connectivity index is 2.08. The zero-order valence-electron chi connectivity index (χ0n) is 14.4. The molecule has 0 spiro atoms. The molecule has 1 aliphatic heterocycles. The fourth-order valence-electron chi connectivity index (χ4n) is 3.12. The van der Waals surface area contributed by atoms with Crippen LogP contribution < -0.4 is 15.1 Å². The van der Waals surface area contributed by atoms with Crippen LogP contribution in [0, 0.1) is 11.2 Å². The summed E-state index contributed by atoms with van der Waals surface area (Å²) in [6.45, 7) is 14.5. The Hall–Kier alpha value is -1.71. The molecular formula is C18H28FN3. The maximum absolute atomic E-state index is 13.6. The summed E-state index contributed by atoms with van der Waals surface area (Å²) >= 11 is 0. The van der Waals surface area contributed by atoms with Gasteiger partial charge in [0.05, 0.1) is 17.9 Å². The number of rotatable bonds is 5. The number of hydrogen-bond acceptors (Lipinski definition) is 3. The molecule has 0 saturated carbocycles. The van der Waals surface area contributed by atoms with Gasteiger partial charge in [-0.2, -0.15) is 0 Å². The van der Waals surface area contributed by atoms with Crippen molar-refractivity contribution in [2.24, 2.45) is 5.41 Å². The van der Waals surface area contributed by atoms with Crippen molar-refractivity contribution in [3.8, 4) is 0 Å². The van der Waals surface area contributed by atoms with Gasteiger partial charge in [0.15, 0.2) is 0 Å². The van der Waals surface area contributed by atoms with E-state index in [-0.39, 0.29) is 17.4 Å². The lowest BCUT2D eigenvalue weighted by Gasteiger charge is -2.31. The third kappa shape index (κ3) is 3.54. The standard InChI is InChI=1S/C18H28FN3/c1-7-22-16-10-14(19)8-9-15(16)21(6)17(22)12-20-13(2)11-18(3,4)5/h8-10,17,20H,2,7,11-12H2,1,3-6H3. The SMILES string of the molecule is C=C(CC(C)(C)C)NCC1N(C)c2ccc(F)cc2N1CC. The second kappa shape index (κ2) is 6.19. The summed E-state index contributed by atoms with van der Waals surface area (Å²) in [6, 6.07) is 5.01. The van der Waals surface area contributed by atoms with Crippen molar-refractivity contribution in [2.45, 2.75) is 40.3 Å². The number of anilines is 2. The number of hydrogen-bond donors (Lipinski definition) is 1. The monoisotopic (exact) mass is 305 g/mol. The number of likely N-dealkylation sites (N-methyl/N-ethyl adjacent to an activating group) is 2. The van der Waals surface area contributed by atoms with Crippen molar-refractivity contribution < 1.29 is 4.39 Å². The summed E-state index contributed by atoms with van der Waals surface area (Å²) in [4.78, 5) is 4.44. The largest absolute Gasteiger partial charge is 0.385 e. The van der Waals surface area contributed by atoms with Gasteiger partial charge < -0.3 is 15.1 Å². The van der Waals surface area contributed by atoms with E-state index in [1.54, 1.807) is 6.07 Å². The minimum absolute atomic E-state index is 0.179. The van der Waals surface area contributed by atoms with E-state index in [2.05, 4.69) is 56.4 Å². The predicted octanol–water partition coefficient (Wildman–Crippen LogP) is 3.97. The molecule has 0 aliphatic carbocycles. The average Bonchev–Trinajstić information content (AvgIpc) is 2.66. The second-order valence-corrected chi connectivity index (χ2v) is 7.23. The lowest BCUT2D eigenvalue weighted by atomic mass is 9.91. The molecule has 0 bridgehead atoms. The fraction of sp³-hybridized carbons (Fsp3) is 0.556. The molecule has 22 heavy (non-hydrogen) atoms. The quantitative estimate of drug-likeness (QED) is 0.888. The van der Waals surface area contributed by atoms with Crippen LogP contribution >= 0.6 is 0 Å². The first-order chi connectivity index (χ1) is 10.2. The lowest BCUT2D eigenvalue weighted by molar-refractivity contribution is 0.396. The summed E-state index contributed by atoms with van der Waals surface area (Å²) in [6.07, 6.45) is 1.12. The highest BCUT2D eigenvalue weighted by molar-refractivity contribution is 5.77. The number of nitrogens with one attached hydrogen (secondary N) is 1. The zero-order valence-corrected chi connectivity index (χ0v) is 14.4. The molecule has 1 aromatic carbocycles. The first-order valence-electron chi connectivity index (χ1n) is 7.93. The molecule has 1 N–H and O–H groups in total. The normalized spacial score (nSPS) is 17.6. The van der Waals surface area contributed by atoms with Gasteiger partial charge in [0.25, 0.3) is 0 Å². The molecule has 1 atom stereocenters. The Labute approximate surface area is 133 Å². The second-order valence-electron chi connectivity index (χ2n) is 7.23. The molecule has 1 heterocycles. The van der Waals surface area contributed by atoms with Crippen molar-refractivity contribution in [1.29, 1.82) is 0 Å². The highest BCUT2D eigenvalue weighted by atomic mass is 19.1. The third-order valence-electron chi connectivity index (χ3n) is 4.05. The van der Waals surface area contributed by atoms with E-state index < -0.39 is 0 Å². The van der Waals surface area contributed by atoms with Crippen LogP contribution in [-0.4, -0.2) is 26.3 Å². The highest BCUT2D eigenvalue weighted by Gasteiger charge is 2.32. The first kappa shape index (κ1) is 16.7. The number of nitrogens with zero attached hydrogens (tertiary/aromatic N) is 2. The fourth-order valence-corrected chi connectivity index (χ4v) is 3.12. The van der Waals surface area contributed by atoms with Crippen molar-refractivity contribution >= 4 is 11.4 Å². The van der Waals surface area contributed by atoms with Gasteiger partial charge in [0.2, 0.25) is 0 Å². The average molecular weight is 305 g/mol. The van der Waals surface area contributed by atoms with Gasteiger partial charge in [-0.15, -0.1) is 0 Å². The molecule has 0 amide bonds. The maximum Gasteiger partial charge on any atom is 0.125 e. The van der Waals surface area contributed by atoms with Crippen LogP contribution in [0.4, 0.5) is 15.8 Å². The predicted molar refractivity (Wildman–Crippen MR) is 92.8 cm³/mol. The number of allylic oxidation sites excluding steroid dienone is 1. The van der Waals surface area contributed by atoms with Crippen LogP contribution in [0.5, 0.6) is 0 Å². The third-order valence-corrected chi connectivity index (χ3v) is 4.05. The Morgan fingerprint density at radius 3 is 2.59 bits per heavy atom. The molecule has 122 valence electrons. The Morgan fingerprint density at radius 2 is 2.00 bits per heavy atom. The summed E-state index contributed by atoms with van der Waals surface area (Å²) < 4.78 is 13.6. The Morgan fingerprint density at radius 1 is 1.32 bits per heavy atom. The van der Waals surface area contributed by atoms with E-state index in [1.807, 2.05) is 6.07 Å². The molecule has 0 fully saturated rings. The summed E-state index contributed by atoms with van der Waals surface area (Å²) in [7, 11) is 2.06. The van der Waals surface area contributed by atoms with Crippen molar-refractivity contribution in [2.75, 3.05) is 29.9 Å². The van der Waals surface area contributed by atoms with Crippen molar-refractivity contribution in [3.05, 3.63) is 36.3 Å². The van der Waals surface area contributed by atoms with E-state index in [0.717, 1.165) is 36.6 Å². The molecule has 1 unspecified atom stereocenters. The minimum Gasteiger partial charge on any atom is -0.385 e. The first-order valence-corrected chi connectivity index (χ1v) is 7.93. The molecule has 0 saturated heterocycles. The van der Waals surface area contributed by atoms with Crippen LogP contribution in [0.3, 0.4) is 0 Å². The molecule has 3 nitrogen and oxygen atoms in total. The maximum atomic E-state index is 13.6. The minimum atomic E-state index is -0.184. The molecule has 0 radical (unpaired) electrons. The number of benzene rings is 1. The Bertz CT molecular complexity index is 548. The molecule has 4 heteroatoms. The molecule has 1 aliphatic rings. The van der Waals surface area contributed by atoms with Crippen LogP contribution in [0.1, 0.15) is 34.1 Å². The Kier molecular flexibility index (Phi) is 4.69. The lowest BCUT2D eigenvalue weighted by Crippen LogP contribution is -2.48. The van der Waals surface area contributed by atoms with Gasteiger partial charge >= 0.3 is 0 Å². The molecule has 1 aromatic rings. The van der Waals surface area contributed by atoms with Crippen LogP contribution in [0.25, 0.3) is 0 Å². The van der Waals surface area contributed by atoms with Crippen molar-refractivity contribution in [1.82, 2.24) is 5.32 Å². The smallest absolute Gasteiger partial charge is 0.125 e. The van der Waals surface area contributed by atoms with E-state index in [1.165, 1.54) is 6.07 Å². The number of halogens is 1. The van der Waals surface area contributed by atoms with Gasteiger partial charge in [-0.3, -0.25) is 0 Å². The van der Waals surface area contributed by atoms with Crippen LogP contribution in [-0.2, 0) is 0 Å². The van der Waals surface area contributed by atoms with E-state index in [4.69, 9.17) is 0 Å². The summed E-state index contributed by atoms with van der Waals surface area (Å²) in [5.74, 6) is -0.184. The number of fused-ring (bicyclic) bond motifs is 1. The van der Waals surface area contributed by atoms with Crippen molar-refractivity contribution in [3.63, 3.8) is 0 Å². The topological polar surface area (TPSA) is 18.5 Å². The van der Waals surface area contributed by atoms with Gasteiger partial charge in [-0.1, -0.05) is 27.4 Å². The summed E-state index contributed by atoms with van der Waals surface area (Å²) in [5, 5.41) is 3.45. The highest BCUT2D eigenvalue weighted by Crippen LogP contribution is 2.38. The van der Waals surface area contributed by atoms with Gasteiger partial charge in [0, 0.05) is 19.3 Å². The molecule has 2 rings (SSSR count).